The summed E-state index contributed by atoms with van der Waals surface area (Å²) in [6, 6.07) is 6.74. The fourth-order valence-corrected chi connectivity index (χ4v) is 1.64. The normalized spacial score (nSPS) is 10.4. The molecular weight excluding hydrogens is 241 g/mol. The summed E-state index contributed by atoms with van der Waals surface area (Å²) in [5.74, 6) is -3.20. The van der Waals surface area contributed by atoms with E-state index < -0.39 is 28.8 Å². The second-order valence-electron chi connectivity index (χ2n) is 3.89. The predicted molar refractivity (Wildman–Crippen MR) is 60.9 cm³/mol. The third-order valence-electron chi connectivity index (χ3n) is 2.61. The fourth-order valence-electron chi connectivity index (χ4n) is 1.64. The van der Waals surface area contributed by atoms with Crippen molar-refractivity contribution in [3.63, 3.8) is 0 Å². The summed E-state index contributed by atoms with van der Waals surface area (Å²) in [5.41, 5.74) is -0.461. The van der Waals surface area contributed by atoms with Gasteiger partial charge in [-0.05, 0) is 36.8 Å². The molecule has 0 amide bonds. The zero-order valence-electron chi connectivity index (χ0n) is 9.51. The first kappa shape index (κ1) is 12.4. The molecule has 0 saturated carbocycles. The van der Waals surface area contributed by atoms with Crippen molar-refractivity contribution in [1.29, 1.82) is 0 Å². The molecule has 0 aliphatic carbocycles. The van der Waals surface area contributed by atoms with Gasteiger partial charge < -0.3 is 0 Å². The van der Waals surface area contributed by atoms with Crippen molar-refractivity contribution >= 4 is 5.78 Å². The Morgan fingerprint density at radius 2 is 1.72 bits per heavy atom. The molecule has 18 heavy (non-hydrogen) atoms. The van der Waals surface area contributed by atoms with E-state index in [1.807, 2.05) is 0 Å². The van der Waals surface area contributed by atoms with Crippen LogP contribution in [0.4, 0.5) is 13.2 Å². The second-order valence-corrected chi connectivity index (χ2v) is 3.89. The maximum absolute atomic E-state index is 13.7. The molecule has 0 N–H and O–H groups in total. The number of halogens is 3. The van der Waals surface area contributed by atoms with E-state index >= 15 is 0 Å². The highest BCUT2D eigenvalue weighted by atomic mass is 19.1. The number of ketones is 1. The van der Waals surface area contributed by atoms with Crippen LogP contribution in [0.3, 0.4) is 0 Å². The van der Waals surface area contributed by atoms with Crippen LogP contribution >= 0.6 is 0 Å². The summed E-state index contributed by atoms with van der Waals surface area (Å²) in [5, 5.41) is 0. The molecule has 0 bridgehead atoms. The van der Waals surface area contributed by atoms with Gasteiger partial charge in [-0.3, -0.25) is 4.79 Å². The van der Waals surface area contributed by atoms with Crippen LogP contribution in [-0.4, -0.2) is 5.78 Å². The van der Waals surface area contributed by atoms with E-state index in [1.165, 1.54) is 25.1 Å². The molecule has 0 aromatic heterocycles. The lowest BCUT2D eigenvalue weighted by Crippen LogP contribution is -2.08. The summed E-state index contributed by atoms with van der Waals surface area (Å²) in [7, 11) is 0. The third-order valence-corrected chi connectivity index (χ3v) is 2.61. The highest BCUT2D eigenvalue weighted by molar-refractivity contribution is 6.09. The van der Waals surface area contributed by atoms with Gasteiger partial charge in [0.2, 0.25) is 0 Å². The van der Waals surface area contributed by atoms with E-state index in [4.69, 9.17) is 0 Å². The topological polar surface area (TPSA) is 17.1 Å². The van der Waals surface area contributed by atoms with Crippen LogP contribution in [0.2, 0.25) is 0 Å². The Morgan fingerprint density at radius 3 is 2.44 bits per heavy atom. The zero-order chi connectivity index (χ0) is 13.3. The molecule has 0 aliphatic rings. The first-order valence-electron chi connectivity index (χ1n) is 5.25. The lowest BCUT2D eigenvalue weighted by Gasteiger charge is -2.06. The quantitative estimate of drug-likeness (QED) is 0.743. The van der Waals surface area contributed by atoms with E-state index in [-0.39, 0.29) is 11.1 Å². The van der Waals surface area contributed by atoms with Crippen LogP contribution in [0, 0.1) is 24.4 Å². The largest absolute Gasteiger partial charge is 0.288 e. The molecule has 0 radical (unpaired) electrons. The maximum atomic E-state index is 13.7. The first-order valence-corrected chi connectivity index (χ1v) is 5.25. The van der Waals surface area contributed by atoms with Crippen molar-refractivity contribution in [3.05, 3.63) is 70.5 Å². The maximum Gasteiger partial charge on any atom is 0.199 e. The highest BCUT2D eigenvalue weighted by Crippen LogP contribution is 2.19. The molecule has 4 heteroatoms. The Morgan fingerprint density at radius 1 is 1.00 bits per heavy atom. The van der Waals surface area contributed by atoms with Gasteiger partial charge in [0.05, 0.1) is 11.1 Å². The molecule has 0 saturated heterocycles. The lowest BCUT2D eigenvalue weighted by atomic mass is 10.0. The summed E-state index contributed by atoms with van der Waals surface area (Å²) >= 11 is 0. The highest BCUT2D eigenvalue weighted by Gasteiger charge is 2.19. The van der Waals surface area contributed by atoms with Gasteiger partial charge in [-0.25, -0.2) is 13.2 Å². The Bertz CT molecular complexity index is 616. The summed E-state index contributed by atoms with van der Waals surface area (Å²) in [6.07, 6.45) is 0. The van der Waals surface area contributed by atoms with Crippen molar-refractivity contribution < 1.29 is 18.0 Å². The van der Waals surface area contributed by atoms with Crippen LogP contribution in [0.5, 0.6) is 0 Å². The smallest absolute Gasteiger partial charge is 0.199 e. The van der Waals surface area contributed by atoms with Crippen molar-refractivity contribution in [2.24, 2.45) is 0 Å². The molecule has 0 spiro atoms. The van der Waals surface area contributed by atoms with Gasteiger partial charge in [0.25, 0.3) is 0 Å². The third kappa shape index (κ3) is 2.14. The average molecular weight is 250 g/mol. The van der Waals surface area contributed by atoms with Crippen molar-refractivity contribution in [3.8, 4) is 0 Å². The van der Waals surface area contributed by atoms with Gasteiger partial charge >= 0.3 is 0 Å². The number of carbonyl (C=O) groups excluding carboxylic acids is 1. The minimum atomic E-state index is -0.873. The number of hydrogen-bond acceptors (Lipinski definition) is 1. The zero-order valence-corrected chi connectivity index (χ0v) is 9.51. The van der Waals surface area contributed by atoms with Crippen molar-refractivity contribution in [2.75, 3.05) is 0 Å². The Balaban J connectivity index is 2.55. The molecule has 0 unspecified atom stereocenters. The van der Waals surface area contributed by atoms with Gasteiger partial charge in [-0.2, -0.15) is 0 Å². The standard InChI is InChI=1S/C14H9F3O/c1-8-3-2-4-10(13(8)17)14(18)11-7-9(15)5-6-12(11)16/h2-7H,1H3. The number of aryl methyl sites for hydroxylation is 1. The molecular formula is C14H9F3O. The lowest BCUT2D eigenvalue weighted by molar-refractivity contribution is 0.103. The molecule has 2 aromatic rings. The summed E-state index contributed by atoms with van der Waals surface area (Å²) in [4.78, 5) is 11.9. The van der Waals surface area contributed by atoms with E-state index in [9.17, 15) is 18.0 Å². The molecule has 2 aromatic carbocycles. The molecule has 0 aliphatic heterocycles. The molecule has 1 nitrogen and oxygen atoms in total. The molecule has 0 heterocycles. The monoisotopic (exact) mass is 250 g/mol. The average Bonchev–Trinajstić information content (AvgIpc) is 2.35. The van der Waals surface area contributed by atoms with Crippen molar-refractivity contribution in [2.45, 2.75) is 6.92 Å². The Hall–Kier alpha value is -2.10. The number of rotatable bonds is 2. The molecule has 2 rings (SSSR count). The van der Waals surface area contributed by atoms with E-state index in [0.29, 0.717) is 0 Å². The summed E-state index contributed by atoms with van der Waals surface area (Å²) in [6.45, 7) is 1.49. The van der Waals surface area contributed by atoms with Crippen LogP contribution in [0.1, 0.15) is 21.5 Å². The predicted octanol–water partition coefficient (Wildman–Crippen LogP) is 3.64. The van der Waals surface area contributed by atoms with E-state index in [2.05, 4.69) is 0 Å². The molecule has 92 valence electrons. The van der Waals surface area contributed by atoms with E-state index in [1.54, 1.807) is 0 Å². The van der Waals surface area contributed by atoms with Crippen LogP contribution in [0.15, 0.2) is 36.4 Å². The van der Waals surface area contributed by atoms with Gasteiger partial charge in [-0.15, -0.1) is 0 Å². The molecule has 0 atom stereocenters. The van der Waals surface area contributed by atoms with Crippen LogP contribution < -0.4 is 0 Å². The second kappa shape index (κ2) is 4.64. The number of benzene rings is 2. The SMILES string of the molecule is Cc1cccc(C(=O)c2cc(F)ccc2F)c1F. The van der Waals surface area contributed by atoms with E-state index in [0.717, 1.165) is 18.2 Å². The summed E-state index contributed by atoms with van der Waals surface area (Å²) < 4.78 is 40.2. The van der Waals surface area contributed by atoms with Gasteiger partial charge in [0.15, 0.2) is 5.78 Å². The van der Waals surface area contributed by atoms with Crippen LogP contribution in [-0.2, 0) is 0 Å². The van der Waals surface area contributed by atoms with Crippen LogP contribution in [0.25, 0.3) is 0 Å². The van der Waals surface area contributed by atoms with Gasteiger partial charge in [0.1, 0.15) is 17.5 Å². The minimum Gasteiger partial charge on any atom is -0.288 e. The Kier molecular flexibility index (Phi) is 3.19. The van der Waals surface area contributed by atoms with Gasteiger partial charge in [-0.1, -0.05) is 12.1 Å². The van der Waals surface area contributed by atoms with Crippen molar-refractivity contribution in [1.82, 2.24) is 0 Å². The fraction of sp³-hybridized carbons (Fsp3) is 0.0714. The first-order chi connectivity index (χ1) is 8.50. The molecule has 0 fully saturated rings. The number of hydrogen-bond donors (Lipinski definition) is 0. The number of carbonyl (C=O) groups is 1. The minimum absolute atomic E-state index is 0.264. The Labute approximate surface area is 102 Å². The van der Waals surface area contributed by atoms with Gasteiger partial charge in [0, 0.05) is 0 Å².